The monoisotopic (exact) mass is 425 g/mol. The van der Waals surface area contributed by atoms with E-state index in [1.54, 1.807) is 12.1 Å². The molecule has 1 aliphatic heterocycles. The van der Waals surface area contributed by atoms with Crippen LogP contribution in [-0.2, 0) is 10.0 Å². The third-order valence-electron chi connectivity index (χ3n) is 4.54. The molecule has 0 bridgehead atoms. The van der Waals surface area contributed by atoms with Crippen molar-refractivity contribution in [1.29, 1.82) is 0 Å². The third-order valence-corrected chi connectivity index (χ3v) is 6.77. The van der Waals surface area contributed by atoms with E-state index in [1.807, 2.05) is 0 Å². The lowest BCUT2D eigenvalue weighted by atomic mass is 10.2. The van der Waals surface area contributed by atoms with Gasteiger partial charge in [-0.3, -0.25) is 10.1 Å². The Bertz CT molecular complexity index is 991. The van der Waals surface area contributed by atoms with Gasteiger partial charge in [-0.25, -0.2) is 8.42 Å². The number of nitro benzene ring substituents is 1. The molecule has 0 spiro atoms. The lowest BCUT2D eigenvalue weighted by Crippen LogP contribution is -2.35. The van der Waals surface area contributed by atoms with Crippen molar-refractivity contribution < 1.29 is 18.1 Å². The van der Waals surface area contributed by atoms with E-state index in [0.717, 1.165) is 19.3 Å². The van der Waals surface area contributed by atoms with Crippen molar-refractivity contribution in [2.75, 3.05) is 25.5 Å². The number of sulfonamides is 1. The Morgan fingerprint density at radius 1 is 1.14 bits per heavy atom. The van der Waals surface area contributed by atoms with Gasteiger partial charge in [-0.05, 0) is 37.1 Å². The normalized spacial score (nSPS) is 15.2. The molecule has 3 rings (SSSR count). The van der Waals surface area contributed by atoms with Gasteiger partial charge in [0.25, 0.3) is 5.69 Å². The van der Waals surface area contributed by atoms with E-state index >= 15 is 0 Å². The smallest absolute Gasteiger partial charge is 0.271 e. The van der Waals surface area contributed by atoms with Gasteiger partial charge in [0.2, 0.25) is 10.0 Å². The van der Waals surface area contributed by atoms with E-state index in [2.05, 4.69) is 5.32 Å². The fourth-order valence-corrected chi connectivity index (χ4v) is 5.00. The maximum absolute atomic E-state index is 13.1. The number of rotatable bonds is 6. The number of methoxy groups -OCH3 is 1. The fourth-order valence-electron chi connectivity index (χ4n) is 3.07. The van der Waals surface area contributed by atoms with Crippen LogP contribution in [0.2, 0.25) is 5.02 Å². The largest absolute Gasteiger partial charge is 0.495 e. The zero-order chi connectivity index (χ0) is 20.3. The predicted molar refractivity (Wildman–Crippen MR) is 107 cm³/mol. The summed E-state index contributed by atoms with van der Waals surface area (Å²) in [6.07, 6.45) is 2.68. The van der Waals surface area contributed by atoms with Crippen LogP contribution in [0.15, 0.2) is 41.3 Å². The maximum atomic E-state index is 13.1. The number of anilines is 2. The molecule has 10 heteroatoms. The molecule has 0 saturated carbocycles. The highest BCUT2D eigenvalue weighted by Crippen LogP contribution is 2.34. The number of benzene rings is 2. The van der Waals surface area contributed by atoms with E-state index in [4.69, 9.17) is 16.3 Å². The van der Waals surface area contributed by atoms with E-state index in [-0.39, 0.29) is 21.4 Å². The number of nitrogens with zero attached hydrogens (tertiary/aromatic N) is 2. The molecule has 2 aromatic rings. The van der Waals surface area contributed by atoms with Crippen molar-refractivity contribution in [3.63, 3.8) is 0 Å². The first-order chi connectivity index (χ1) is 13.3. The van der Waals surface area contributed by atoms with Gasteiger partial charge in [0.15, 0.2) is 0 Å². The fraction of sp³-hybridized carbons (Fsp3) is 0.333. The van der Waals surface area contributed by atoms with Gasteiger partial charge in [0, 0.05) is 30.9 Å². The van der Waals surface area contributed by atoms with Gasteiger partial charge in [-0.1, -0.05) is 18.0 Å². The summed E-state index contributed by atoms with van der Waals surface area (Å²) in [7, 11) is -2.28. The second-order valence-corrected chi connectivity index (χ2v) is 8.69. The highest BCUT2D eigenvalue weighted by atomic mass is 35.5. The lowest BCUT2D eigenvalue weighted by molar-refractivity contribution is -0.384. The van der Waals surface area contributed by atoms with Crippen LogP contribution in [-0.4, -0.2) is 37.8 Å². The Morgan fingerprint density at radius 3 is 2.46 bits per heavy atom. The molecule has 1 aliphatic rings. The summed E-state index contributed by atoms with van der Waals surface area (Å²) >= 11 is 6.12. The van der Waals surface area contributed by atoms with Crippen LogP contribution in [0, 0.1) is 10.1 Å². The zero-order valence-corrected chi connectivity index (χ0v) is 16.8. The molecular formula is C18H20ClN3O5S. The molecule has 28 heavy (non-hydrogen) atoms. The Morgan fingerprint density at radius 2 is 1.86 bits per heavy atom. The molecular weight excluding hydrogens is 406 g/mol. The number of halogens is 1. The van der Waals surface area contributed by atoms with Crippen LogP contribution in [0.5, 0.6) is 5.75 Å². The molecule has 0 aliphatic carbocycles. The summed E-state index contributed by atoms with van der Waals surface area (Å²) in [4.78, 5) is 10.4. The van der Waals surface area contributed by atoms with E-state index in [0.29, 0.717) is 24.5 Å². The van der Waals surface area contributed by atoms with Gasteiger partial charge in [0.05, 0.1) is 22.7 Å². The minimum absolute atomic E-state index is 0.0694. The predicted octanol–water partition coefficient (Wildman–Crippen LogP) is 4.18. The molecule has 1 N–H and O–H groups in total. The number of nitrogens with one attached hydrogen (secondary N) is 1. The molecule has 1 fully saturated rings. The van der Waals surface area contributed by atoms with E-state index in [9.17, 15) is 18.5 Å². The molecule has 0 atom stereocenters. The average molecular weight is 426 g/mol. The minimum atomic E-state index is -3.70. The summed E-state index contributed by atoms with van der Waals surface area (Å²) in [6, 6.07) is 8.75. The first-order valence-corrected chi connectivity index (χ1v) is 10.5. The highest BCUT2D eigenvalue weighted by molar-refractivity contribution is 7.89. The van der Waals surface area contributed by atoms with Gasteiger partial charge in [-0.15, -0.1) is 0 Å². The second-order valence-electron chi connectivity index (χ2n) is 6.38. The number of hydrogen-bond donors (Lipinski definition) is 1. The Labute approximate surface area is 168 Å². The van der Waals surface area contributed by atoms with Crippen LogP contribution in [0.3, 0.4) is 0 Å². The van der Waals surface area contributed by atoms with Crippen molar-refractivity contribution in [2.45, 2.75) is 24.2 Å². The van der Waals surface area contributed by atoms with Gasteiger partial charge < -0.3 is 10.1 Å². The number of hydrogen-bond acceptors (Lipinski definition) is 6. The number of piperidine rings is 1. The molecule has 150 valence electrons. The van der Waals surface area contributed by atoms with Crippen molar-refractivity contribution in [1.82, 2.24) is 4.31 Å². The van der Waals surface area contributed by atoms with Crippen molar-refractivity contribution >= 4 is 38.7 Å². The third kappa shape index (κ3) is 4.21. The lowest BCUT2D eigenvalue weighted by Gasteiger charge is -2.26. The summed E-state index contributed by atoms with van der Waals surface area (Å²) in [5.41, 5.74) is 0.782. The maximum Gasteiger partial charge on any atom is 0.271 e. The van der Waals surface area contributed by atoms with E-state index < -0.39 is 14.9 Å². The standard InChI is InChI=1S/C18H20ClN3O5S/c1-27-17-8-5-13(20-16-7-6-14(22(23)24)12-15(16)19)11-18(17)28(25,26)21-9-3-2-4-10-21/h5-8,11-12,20H,2-4,9-10H2,1H3. The summed E-state index contributed by atoms with van der Waals surface area (Å²) in [5, 5.41) is 14.0. The Kier molecular flexibility index (Phi) is 6.07. The van der Waals surface area contributed by atoms with Crippen molar-refractivity contribution in [2.24, 2.45) is 0 Å². The van der Waals surface area contributed by atoms with Crippen LogP contribution in [0.1, 0.15) is 19.3 Å². The summed E-state index contributed by atoms with van der Waals surface area (Å²) in [6.45, 7) is 0.967. The van der Waals surface area contributed by atoms with Crippen molar-refractivity contribution in [3.05, 3.63) is 51.5 Å². The molecule has 0 unspecified atom stereocenters. The van der Waals surface area contributed by atoms with Crippen LogP contribution < -0.4 is 10.1 Å². The SMILES string of the molecule is COc1ccc(Nc2ccc([N+](=O)[O-])cc2Cl)cc1S(=O)(=O)N1CCCCC1. The summed E-state index contributed by atoms with van der Waals surface area (Å²) < 4.78 is 32.9. The van der Waals surface area contributed by atoms with Gasteiger partial charge in [0.1, 0.15) is 10.6 Å². The van der Waals surface area contributed by atoms with E-state index in [1.165, 1.54) is 35.7 Å². The molecule has 8 nitrogen and oxygen atoms in total. The molecule has 1 heterocycles. The van der Waals surface area contributed by atoms with Gasteiger partial charge in [-0.2, -0.15) is 4.31 Å². The first-order valence-electron chi connectivity index (χ1n) is 8.72. The van der Waals surface area contributed by atoms with Gasteiger partial charge >= 0.3 is 0 Å². The molecule has 2 aromatic carbocycles. The zero-order valence-electron chi connectivity index (χ0n) is 15.2. The molecule has 0 amide bonds. The topological polar surface area (TPSA) is 102 Å². The van der Waals surface area contributed by atoms with Crippen LogP contribution >= 0.6 is 11.6 Å². The van der Waals surface area contributed by atoms with Crippen LogP contribution in [0.4, 0.5) is 17.1 Å². The van der Waals surface area contributed by atoms with Crippen LogP contribution in [0.25, 0.3) is 0 Å². The van der Waals surface area contributed by atoms with Crippen molar-refractivity contribution in [3.8, 4) is 5.75 Å². The molecule has 0 aromatic heterocycles. The molecule has 1 saturated heterocycles. The quantitative estimate of drug-likeness (QED) is 0.550. The highest BCUT2D eigenvalue weighted by Gasteiger charge is 2.29. The number of ether oxygens (including phenoxy) is 1. The number of non-ortho nitro benzene ring substituents is 1. The Hall–Kier alpha value is -2.36. The Balaban J connectivity index is 1.94. The summed E-state index contributed by atoms with van der Waals surface area (Å²) in [5.74, 6) is 0.255. The number of nitro groups is 1. The molecule has 0 radical (unpaired) electrons. The average Bonchev–Trinajstić information content (AvgIpc) is 2.70. The first kappa shape index (κ1) is 20.4. The second kappa shape index (κ2) is 8.34. The minimum Gasteiger partial charge on any atom is -0.495 e.